The number of rotatable bonds is 4. The molecule has 0 atom stereocenters. The molecule has 2 nitrogen and oxygen atoms in total. The van der Waals surface area contributed by atoms with Crippen molar-refractivity contribution in [2.45, 2.75) is 6.92 Å². The van der Waals surface area contributed by atoms with Crippen LogP contribution in [0.2, 0.25) is 10.0 Å². The molecule has 2 rings (SSSR count). The first-order valence-electron chi connectivity index (χ1n) is 5.95. The second kappa shape index (κ2) is 6.78. The first-order chi connectivity index (χ1) is 9.52. The van der Waals surface area contributed by atoms with Crippen molar-refractivity contribution in [1.82, 2.24) is 0 Å². The highest BCUT2D eigenvalue weighted by atomic mass is 127. The highest BCUT2D eigenvalue weighted by Gasteiger charge is 2.16. The fraction of sp³-hybridized carbons (Fsp3) is 0.133. The van der Waals surface area contributed by atoms with Crippen LogP contribution in [0.3, 0.4) is 0 Å². The summed E-state index contributed by atoms with van der Waals surface area (Å²) in [5, 5.41) is 0.714. The van der Waals surface area contributed by atoms with E-state index >= 15 is 0 Å². The fourth-order valence-electron chi connectivity index (χ4n) is 1.73. The third kappa shape index (κ3) is 3.45. The zero-order valence-corrected chi connectivity index (χ0v) is 14.3. The van der Waals surface area contributed by atoms with Crippen molar-refractivity contribution in [3.63, 3.8) is 0 Å². The van der Waals surface area contributed by atoms with Crippen LogP contribution in [0.4, 0.5) is 0 Å². The number of carbonyl (C=O) groups excluding carboxylic acids is 1. The van der Waals surface area contributed by atoms with Gasteiger partial charge in [-0.25, -0.2) is 0 Å². The maximum Gasteiger partial charge on any atom is 0.194 e. The molecule has 0 aromatic heterocycles. The number of hydrogen-bond acceptors (Lipinski definition) is 2. The standard InChI is InChI=1S/C15H11Cl2IO2/c1-2-20-14-8-12(16)11(7-13(14)17)15(19)9-3-5-10(18)6-4-9/h3-8H,2H2,1H3. The second-order valence-corrected chi connectivity index (χ2v) is 6.09. The average Bonchev–Trinajstić information content (AvgIpc) is 2.43. The van der Waals surface area contributed by atoms with E-state index in [4.69, 9.17) is 27.9 Å². The Balaban J connectivity index is 2.40. The van der Waals surface area contributed by atoms with Gasteiger partial charge in [-0.2, -0.15) is 0 Å². The van der Waals surface area contributed by atoms with E-state index in [1.165, 1.54) is 0 Å². The molecule has 2 aromatic carbocycles. The topological polar surface area (TPSA) is 26.3 Å². The van der Waals surface area contributed by atoms with Gasteiger partial charge in [0.15, 0.2) is 5.78 Å². The van der Waals surface area contributed by atoms with E-state index in [0.29, 0.717) is 33.5 Å². The summed E-state index contributed by atoms with van der Waals surface area (Å²) in [6.07, 6.45) is 0. The van der Waals surface area contributed by atoms with Crippen molar-refractivity contribution >= 4 is 51.6 Å². The number of hydrogen-bond donors (Lipinski definition) is 0. The Hall–Kier alpha value is -0.780. The molecule has 0 spiro atoms. The molecular weight excluding hydrogens is 410 g/mol. The van der Waals surface area contributed by atoms with Gasteiger partial charge in [0.1, 0.15) is 5.75 Å². The smallest absolute Gasteiger partial charge is 0.194 e. The largest absolute Gasteiger partial charge is 0.492 e. The Kier molecular flexibility index (Phi) is 5.29. The zero-order chi connectivity index (χ0) is 14.7. The van der Waals surface area contributed by atoms with Gasteiger partial charge in [-0.1, -0.05) is 23.2 Å². The van der Waals surface area contributed by atoms with Gasteiger partial charge in [-0.05, 0) is 59.8 Å². The van der Waals surface area contributed by atoms with Crippen molar-refractivity contribution in [2.24, 2.45) is 0 Å². The lowest BCUT2D eigenvalue weighted by atomic mass is 10.0. The summed E-state index contributed by atoms with van der Waals surface area (Å²) in [5.41, 5.74) is 0.953. The molecule has 0 amide bonds. The number of carbonyl (C=O) groups is 1. The molecule has 5 heteroatoms. The van der Waals surface area contributed by atoms with Crippen molar-refractivity contribution < 1.29 is 9.53 Å². The lowest BCUT2D eigenvalue weighted by Gasteiger charge is -2.09. The van der Waals surface area contributed by atoms with Crippen LogP contribution in [0.15, 0.2) is 36.4 Å². The maximum absolute atomic E-state index is 12.4. The van der Waals surface area contributed by atoms with Crippen molar-refractivity contribution in [1.29, 1.82) is 0 Å². The van der Waals surface area contributed by atoms with Crippen LogP contribution in [0, 0.1) is 3.57 Å². The molecule has 0 heterocycles. The fourth-order valence-corrected chi connectivity index (χ4v) is 2.54. The molecule has 0 fully saturated rings. The van der Waals surface area contributed by atoms with E-state index in [1.807, 2.05) is 19.1 Å². The van der Waals surface area contributed by atoms with Gasteiger partial charge in [0, 0.05) is 20.8 Å². The third-order valence-electron chi connectivity index (χ3n) is 2.67. The summed E-state index contributed by atoms with van der Waals surface area (Å²) in [6.45, 7) is 2.34. The predicted octanol–water partition coefficient (Wildman–Crippen LogP) is 5.23. The second-order valence-electron chi connectivity index (χ2n) is 4.03. The van der Waals surface area contributed by atoms with E-state index in [2.05, 4.69) is 22.6 Å². The molecule has 0 saturated carbocycles. The Bertz CT molecular complexity index is 639. The molecule has 0 radical (unpaired) electrons. The van der Waals surface area contributed by atoms with E-state index in [1.54, 1.807) is 24.3 Å². The molecule has 0 unspecified atom stereocenters. The van der Waals surface area contributed by atoms with Crippen LogP contribution in [-0.2, 0) is 0 Å². The predicted molar refractivity (Wildman–Crippen MR) is 90.2 cm³/mol. The zero-order valence-electron chi connectivity index (χ0n) is 10.6. The first kappa shape index (κ1) is 15.6. The van der Waals surface area contributed by atoms with Crippen molar-refractivity contribution in [2.75, 3.05) is 6.61 Å². The first-order valence-corrected chi connectivity index (χ1v) is 7.78. The van der Waals surface area contributed by atoms with Gasteiger partial charge in [0.2, 0.25) is 0 Å². The summed E-state index contributed by atoms with van der Waals surface area (Å²) in [7, 11) is 0. The molecular formula is C15H11Cl2IO2. The van der Waals surface area contributed by atoms with Gasteiger partial charge in [-0.15, -0.1) is 0 Å². The molecule has 0 bridgehead atoms. The lowest BCUT2D eigenvalue weighted by Crippen LogP contribution is -2.03. The van der Waals surface area contributed by atoms with Gasteiger partial charge >= 0.3 is 0 Å². The van der Waals surface area contributed by atoms with Crippen LogP contribution < -0.4 is 4.74 Å². The highest BCUT2D eigenvalue weighted by Crippen LogP contribution is 2.32. The molecule has 2 aromatic rings. The lowest BCUT2D eigenvalue weighted by molar-refractivity contribution is 0.103. The van der Waals surface area contributed by atoms with E-state index in [-0.39, 0.29) is 5.78 Å². The summed E-state index contributed by atoms with van der Waals surface area (Å²) < 4.78 is 6.41. The van der Waals surface area contributed by atoms with Crippen molar-refractivity contribution in [3.8, 4) is 5.75 Å². The van der Waals surface area contributed by atoms with Gasteiger partial charge in [0.25, 0.3) is 0 Å². The maximum atomic E-state index is 12.4. The van der Waals surface area contributed by atoms with Gasteiger partial charge < -0.3 is 4.74 Å². The minimum absolute atomic E-state index is 0.156. The van der Waals surface area contributed by atoms with Crippen LogP contribution in [0.5, 0.6) is 5.75 Å². The molecule has 0 aliphatic rings. The van der Waals surface area contributed by atoms with E-state index < -0.39 is 0 Å². The number of ketones is 1. The Morgan fingerprint density at radius 1 is 1.15 bits per heavy atom. The molecule has 0 N–H and O–H groups in total. The summed E-state index contributed by atoms with van der Waals surface area (Å²) in [5.74, 6) is 0.328. The van der Waals surface area contributed by atoms with Crippen LogP contribution >= 0.6 is 45.8 Å². The quantitative estimate of drug-likeness (QED) is 0.500. The Labute approximate surface area is 141 Å². The number of benzene rings is 2. The molecule has 0 aliphatic carbocycles. The molecule has 0 saturated heterocycles. The molecule has 20 heavy (non-hydrogen) atoms. The third-order valence-corrected chi connectivity index (χ3v) is 4.00. The summed E-state index contributed by atoms with van der Waals surface area (Å²) in [4.78, 5) is 12.4. The van der Waals surface area contributed by atoms with Crippen LogP contribution in [0.25, 0.3) is 0 Å². The van der Waals surface area contributed by atoms with E-state index in [9.17, 15) is 4.79 Å². The molecule has 104 valence electrons. The van der Waals surface area contributed by atoms with Gasteiger partial charge in [0.05, 0.1) is 16.7 Å². The Morgan fingerprint density at radius 3 is 2.40 bits per heavy atom. The summed E-state index contributed by atoms with van der Waals surface area (Å²) >= 11 is 14.4. The number of halogens is 3. The van der Waals surface area contributed by atoms with Gasteiger partial charge in [-0.3, -0.25) is 4.79 Å². The van der Waals surface area contributed by atoms with E-state index in [0.717, 1.165) is 3.57 Å². The van der Waals surface area contributed by atoms with Crippen LogP contribution in [-0.4, -0.2) is 12.4 Å². The monoisotopic (exact) mass is 420 g/mol. The highest BCUT2D eigenvalue weighted by molar-refractivity contribution is 14.1. The SMILES string of the molecule is CCOc1cc(Cl)c(C(=O)c2ccc(I)cc2)cc1Cl. The van der Waals surface area contributed by atoms with Crippen molar-refractivity contribution in [3.05, 3.63) is 61.1 Å². The molecule has 0 aliphatic heterocycles. The minimum atomic E-state index is -0.156. The number of ether oxygens (including phenoxy) is 1. The average molecular weight is 421 g/mol. The Morgan fingerprint density at radius 2 is 1.80 bits per heavy atom. The van der Waals surface area contributed by atoms with Crippen LogP contribution in [0.1, 0.15) is 22.8 Å². The minimum Gasteiger partial charge on any atom is -0.492 e. The normalized spacial score (nSPS) is 10.4. The summed E-state index contributed by atoms with van der Waals surface area (Å²) in [6, 6.07) is 10.4.